The number of aromatic nitrogens is 3. The summed E-state index contributed by atoms with van der Waals surface area (Å²) in [5.74, 6) is 0.225. The average molecular weight is 404 g/mol. The fraction of sp³-hybridized carbons (Fsp3) is 0.182. The van der Waals surface area contributed by atoms with Gasteiger partial charge in [0.25, 0.3) is 16.3 Å². The minimum Gasteiger partial charge on any atom is -0.467 e. The van der Waals surface area contributed by atoms with Crippen molar-refractivity contribution in [1.82, 2.24) is 19.7 Å². The first-order valence-corrected chi connectivity index (χ1v) is 8.60. The van der Waals surface area contributed by atoms with Crippen molar-refractivity contribution in [1.29, 1.82) is 0 Å². The first-order chi connectivity index (χ1) is 11.9. The zero-order valence-corrected chi connectivity index (χ0v) is 15.1. The third kappa shape index (κ3) is 5.22. The largest absolute Gasteiger partial charge is 0.467 e. The van der Waals surface area contributed by atoms with E-state index in [0.717, 1.165) is 11.3 Å². The fourth-order valence-electron chi connectivity index (χ4n) is 1.41. The number of halogens is 1. The Bertz CT molecular complexity index is 853. The molecule has 1 unspecified atom stereocenters. The van der Waals surface area contributed by atoms with E-state index in [9.17, 15) is 9.00 Å². The molecule has 2 aromatic heterocycles. The predicted molar refractivity (Wildman–Crippen MR) is 91.7 cm³/mol. The molecular weight excluding hydrogens is 394 g/mol. The summed E-state index contributed by atoms with van der Waals surface area (Å²) in [7, 11) is 1.36. The van der Waals surface area contributed by atoms with Gasteiger partial charge in [-0.2, -0.15) is 30.6 Å². The first kappa shape index (κ1) is 18.8. The van der Waals surface area contributed by atoms with Gasteiger partial charge in [-0.3, -0.25) is 10.8 Å². The molecule has 132 valence electrons. The number of carbonyl (C=O) groups excluding carboxylic acids is 1. The summed E-state index contributed by atoms with van der Waals surface area (Å²) in [6.07, 6.45) is 0. The van der Waals surface area contributed by atoms with Crippen molar-refractivity contribution >= 4 is 56.9 Å². The Balaban J connectivity index is 1.90. The summed E-state index contributed by atoms with van der Waals surface area (Å²) in [6, 6.07) is -0.879. The first-order valence-electron chi connectivity index (χ1n) is 6.26. The SMILES string of the molecule is [C-]#[N+]c1scc(Cl)c1NOS(=O)NC(=O)Nc1nc(C)nc(OC)n1. The normalized spacial score (nSPS) is 11.3. The molecule has 0 aliphatic rings. The number of rotatable bonds is 6. The molecule has 0 saturated carbocycles. The Morgan fingerprint density at radius 1 is 1.44 bits per heavy atom. The van der Waals surface area contributed by atoms with Gasteiger partial charge in [-0.25, -0.2) is 18.6 Å². The van der Waals surface area contributed by atoms with E-state index < -0.39 is 17.3 Å². The van der Waals surface area contributed by atoms with E-state index in [1.807, 2.05) is 4.72 Å². The number of hydrogen-bond acceptors (Lipinski definition) is 9. The number of hydrogen-bond donors (Lipinski definition) is 3. The maximum absolute atomic E-state index is 11.7. The maximum Gasteiger partial charge on any atom is 0.335 e. The van der Waals surface area contributed by atoms with Crippen LogP contribution in [0.3, 0.4) is 0 Å². The second-order valence-corrected chi connectivity index (χ2v) is 6.15. The van der Waals surface area contributed by atoms with Crippen LogP contribution in [0.2, 0.25) is 5.02 Å². The Labute approximate surface area is 153 Å². The molecule has 0 aliphatic heterocycles. The second kappa shape index (κ2) is 8.53. The fourth-order valence-corrected chi connectivity index (χ4v) is 2.79. The zero-order chi connectivity index (χ0) is 18.4. The molecule has 2 rings (SSSR count). The lowest BCUT2D eigenvalue weighted by Crippen LogP contribution is -2.33. The van der Waals surface area contributed by atoms with Crippen LogP contribution >= 0.6 is 22.9 Å². The van der Waals surface area contributed by atoms with E-state index in [-0.39, 0.29) is 27.7 Å². The van der Waals surface area contributed by atoms with Gasteiger partial charge in [0.15, 0.2) is 0 Å². The summed E-state index contributed by atoms with van der Waals surface area (Å²) in [5.41, 5.74) is 2.43. The molecule has 0 radical (unpaired) electrons. The lowest BCUT2D eigenvalue weighted by Gasteiger charge is -2.08. The molecule has 0 bridgehead atoms. The number of aryl methyl sites for hydroxylation is 1. The minimum atomic E-state index is -2.27. The van der Waals surface area contributed by atoms with Gasteiger partial charge >= 0.3 is 12.0 Å². The highest BCUT2D eigenvalue weighted by atomic mass is 35.5. The van der Waals surface area contributed by atoms with Crippen molar-refractivity contribution < 1.29 is 18.0 Å². The van der Waals surface area contributed by atoms with Crippen LogP contribution in [0.5, 0.6) is 6.01 Å². The molecule has 14 heteroatoms. The summed E-state index contributed by atoms with van der Waals surface area (Å²) >= 11 is 4.67. The molecule has 0 aromatic carbocycles. The number of nitrogens with zero attached hydrogens (tertiary/aromatic N) is 4. The van der Waals surface area contributed by atoms with Gasteiger partial charge < -0.3 is 4.74 Å². The third-order valence-corrected chi connectivity index (χ3v) is 4.24. The molecule has 0 saturated heterocycles. The Kier molecular flexibility index (Phi) is 6.42. The quantitative estimate of drug-likeness (QED) is 0.494. The molecular formula is C11H10ClN7O4S2. The Morgan fingerprint density at radius 2 is 2.20 bits per heavy atom. The van der Waals surface area contributed by atoms with Crippen LogP contribution in [0, 0.1) is 13.5 Å². The molecule has 25 heavy (non-hydrogen) atoms. The van der Waals surface area contributed by atoms with Crippen molar-refractivity contribution in [2.24, 2.45) is 0 Å². The average Bonchev–Trinajstić information content (AvgIpc) is 2.92. The van der Waals surface area contributed by atoms with Gasteiger partial charge in [-0.1, -0.05) is 11.6 Å². The molecule has 2 aromatic rings. The van der Waals surface area contributed by atoms with E-state index in [0.29, 0.717) is 5.82 Å². The number of thiophene rings is 1. The van der Waals surface area contributed by atoms with Crippen LogP contribution in [-0.2, 0) is 15.6 Å². The van der Waals surface area contributed by atoms with Crippen molar-refractivity contribution in [3.8, 4) is 6.01 Å². The number of anilines is 2. The molecule has 0 fully saturated rings. The highest BCUT2D eigenvalue weighted by molar-refractivity contribution is 7.78. The van der Waals surface area contributed by atoms with E-state index >= 15 is 0 Å². The highest BCUT2D eigenvalue weighted by Crippen LogP contribution is 2.39. The predicted octanol–water partition coefficient (Wildman–Crippen LogP) is 2.20. The van der Waals surface area contributed by atoms with Gasteiger partial charge in [-0.15, -0.1) is 0 Å². The maximum atomic E-state index is 11.7. The molecule has 0 aliphatic carbocycles. The van der Waals surface area contributed by atoms with Gasteiger partial charge in [0.2, 0.25) is 5.95 Å². The lowest BCUT2D eigenvalue weighted by molar-refractivity contribution is 0.255. The number of ether oxygens (including phenoxy) is 1. The van der Waals surface area contributed by atoms with E-state index in [1.54, 1.807) is 6.92 Å². The molecule has 1 atom stereocenters. The van der Waals surface area contributed by atoms with Crippen LogP contribution < -0.4 is 20.3 Å². The van der Waals surface area contributed by atoms with E-state index in [4.69, 9.17) is 27.2 Å². The summed E-state index contributed by atoms with van der Waals surface area (Å²) in [6.45, 7) is 8.55. The lowest BCUT2D eigenvalue weighted by atomic mass is 10.5. The summed E-state index contributed by atoms with van der Waals surface area (Å²) in [5, 5.41) is 4.21. The van der Waals surface area contributed by atoms with E-state index in [1.165, 1.54) is 12.5 Å². The number of carbonyl (C=O) groups is 1. The van der Waals surface area contributed by atoms with Crippen LogP contribution in [0.25, 0.3) is 4.85 Å². The second-order valence-electron chi connectivity index (χ2n) is 4.04. The number of amides is 2. The zero-order valence-electron chi connectivity index (χ0n) is 12.7. The third-order valence-electron chi connectivity index (χ3n) is 2.36. The van der Waals surface area contributed by atoms with Crippen LogP contribution in [0.15, 0.2) is 5.38 Å². The van der Waals surface area contributed by atoms with Crippen molar-refractivity contribution in [2.75, 3.05) is 17.9 Å². The molecule has 11 nitrogen and oxygen atoms in total. The number of nitrogens with one attached hydrogen (secondary N) is 3. The van der Waals surface area contributed by atoms with Gasteiger partial charge in [0, 0.05) is 0 Å². The smallest absolute Gasteiger partial charge is 0.335 e. The molecule has 2 amide bonds. The van der Waals surface area contributed by atoms with Gasteiger partial charge in [0.05, 0.1) is 24.4 Å². The summed E-state index contributed by atoms with van der Waals surface area (Å²) < 4.78 is 23.3. The molecule has 3 N–H and O–H groups in total. The van der Waals surface area contributed by atoms with Gasteiger partial charge in [-0.05, 0) is 12.3 Å². The van der Waals surface area contributed by atoms with Crippen LogP contribution in [0.4, 0.5) is 21.4 Å². The van der Waals surface area contributed by atoms with Crippen molar-refractivity contribution in [3.63, 3.8) is 0 Å². The van der Waals surface area contributed by atoms with Crippen molar-refractivity contribution in [3.05, 3.63) is 27.6 Å². The number of methoxy groups -OCH3 is 1. The standard InChI is InChI=1S/C11H10ClN7O4S2/c1-5-14-9(17-11(15-5)22-3)16-10(20)19-25(21)23-18-7-6(12)4-24-8(7)13-2/h4,18H,1,3H3,(H2,14,15,16,17,19,20). The van der Waals surface area contributed by atoms with E-state index in [2.05, 4.69) is 30.6 Å². The Morgan fingerprint density at radius 3 is 2.88 bits per heavy atom. The minimum absolute atomic E-state index is 0.0145. The number of urea groups is 1. The topological polar surface area (TPSA) is 132 Å². The monoisotopic (exact) mass is 403 g/mol. The highest BCUT2D eigenvalue weighted by Gasteiger charge is 2.14. The molecule has 2 heterocycles. The van der Waals surface area contributed by atoms with Crippen LogP contribution in [0.1, 0.15) is 5.82 Å². The Hall–Kier alpha value is -2.53. The summed E-state index contributed by atoms with van der Waals surface area (Å²) in [4.78, 5) is 26.5. The molecule has 0 spiro atoms. The van der Waals surface area contributed by atoms with Gasteiger partial charge in [0.1, 0.15) is 5.82 Å². The van der Waals surface area contributed by atoms with Crippen LogP contribution in [-0.4, -0.2) is 32.3 Å². The van der Waals surface area contributed by atoms with Crippen molar-refractivity contribution in [2.45, 2.75) is 6.92 Å².